The lowest BCUT2D eigenvalue weighted by atomic mass is 10.2. The molecule has 110 valence electrons. The minimum atomic E-state index is -0.167. The number of amides is 1. The molecule has 1 aliphatic rings. The molecule has 0 radical (unpaired) electrons. The summed E-state index contributed by atoms with van der Waals surface area (Å²) in [4.78, 5) is 11.9. The topological polar surface area (TPSA) is 68.0 Å². The molecule has 0 spiro atoms. The van der Waals surface area contributed by atoms with Crippen LogP contribution in [0.15, 0.2) is 33.9 Å². The van der Waals surface area contributed by atoms with Crippen molar-refractivity contribution in [2.45, 2.75) is 29.7 Å². The highest BCUT2D eigenvalue weighted by molar-refractivity contribution is 8.00. The van der Waals surface area contributed by atoms with Gasteiger partial charge < -0.3 is 9.73 Å². The number of carbonyl (C=O) groups is 1. The Hall–Kier alpha value is -1.53. The molecule has 1 saturated heterocycles. The van der Waals surface area contributed by atoms with E-state index in [0.29, 0.717) is 16.1 Å². The summed E-state index contributed by atoms with van der Waals surface area (Å²) in [6, 6.07) is 7.23. The third-order valence-electron chi connectivity index (χ3n) is 3.21. The van der Waals surface area contributed by atoms with Gasteiger partial charge in [-0.1, -0.05) is 35.9 Å². The van der Waals surface area contributed by atoms with Crippen LogP contribution in [0.4, 0.5) is 0 Å². The van der Waals surface area contributed by atoms with Crippen molar-refractivity contribution < 1.29 is 9.21 Å². The fraction of sp³-hybridized carbons (Fsp3) is 0.357. The number of hydrogen-bond acceptors (Lipinski definition) is 5. The van der Waals surface area contributed by atoms with E-state index in [1.54, 1.807) is 12.1 Å². The molecule has 5 nitrogen and oxygen atoms in total. The van der Waals surface area contributed by atoms with Gasteiger partial charge in [0.15, 0.2) is 0 Å². The molecule has 0 bridgehead atoms. The summed E-state index contributed by atoms with van der Waals surface area (Å²) in [6.45, 7) is 0.744. The molecule has 7 heteroatoms. The van der Waals surface area contributed by atoms with Crippen LogP contribution in [0.25, 0.3) is 11.5 Å². The first kappa shape index (κ1) is 14.4. The van der Waals surface area contributed by atoms with Gasteiger partial charge >= 0.3 is 0 Å². The maximum atomic E-state index is 11.9. The van der Waals surface area contributed by atoms with E-state index in [-0.39, 0.29) is 11.2 Å². The first-order chi connectivity index (χ1) is 10.2. The summed E-state index contributed by atoms with van der Waals surface area (Å²) in [5.74, 6) is 0.453. The highest BCUT2D eigenvalue weighted by atomic mass is 35.5. The predicted octanol–water partition coefficient (Wildman–Crippen LogP) is 3.15. The van der Waals surface area contributed by atoms with Crippen molar-refractivity contribution in [2.75, 3.05) is 6.54 Å². The Morgan fingerprint density at radius 1 is 1.33 bits per heavy atom. The second-order valence-electron chi connectivity index (χ2n) is 4.78. The fourth-order valence-corrected chi connectivity index (χ4v) is 3.26. The van der Waals surface area contributed by atoms with Crippen LogP contribution >= 0.6 is 23.4 Å². The highest BCUT2D eigenvalue weighted by Crippen LogP contribution is 2.30. The lowest BCUT2D eigenvalue weighted by molar-refractivity contribution is -0.120. The molecule has 1 aliphatic heterocycles. The Labute approximate surface area is 131 Å². The molecule has 1 atom stereocenters. The third kappa shape index (κ3) is 3.57. The Kier molecular flexibility index (Phi) is 4.45. The van der Waals surface area contributed by atoms with Crippen LogP contribution in [0, 0.1) is 0 Å². The van der Waals surface area contributed by atoms with Crippen LogP contribution in [0.2, 0.25) is 5.02 Å². The van der Waals surface area contributed by atoms with Gasteiger partial charge in [-0.15, -0.1) is 10.2 Å². The van der Waals surface area contributed by atoms with Gasteiger partial charge in [0.05, 0.1) is 5.25 Å². The molecule has 21 heavy (non-hydrogen) atoms. The summed E-state index contributed by atoms with van der Waals surface area (Å²) < 4.78 is 5.62. The number of aromatic nitrogens is 2. The summed E-state index contributed by atoms with van der Waals surface area (Å²) in [7, 11) is 0. The third-order valence-corrected chi connectivity index (χ3v) is 4.54. The van der Waals surface area contributed by atoms with Gasteiger partial charge in [0.25, 0.3) is 5.22 Å². The molecular weight excluding hydrogens is 310 g/mol. The Bertz CT molecular complexity index is 647. The van der Waals surface area contributed by atoms with Crippen LogP contribution in [0.3, 0.4) is 0 Å². The van der Waals surface area contributed by atoms with Crippen molar-refractivity contribution in [3.63, 3.8) is 0 Å². The molecular formula is C14H14ClN3O2S. The maximum absolute atomic E-state index is 11.9. The first-order valence-electron chi connectivity index (χ1n) is 6.76. The number of rotatable bonds is 3. The lowest BCUT2D eigenvalue weighted by Gasteiger charge is -2.08. The molecule has 2 aromatic rings. The number of halogens is 1. The molecule has 1 N–H and O–H groups in total. The van der Waals surface area contributed by atoms with Crippen LogP contribution in [0.5, 0.6) is 0 Å². The van der Waals surface area contributed by atoms with Gasteiger partial charge in [-0.3, -0.25) is 4.79 Å². The van der Waals surface area contributed by atoms with Gasteiger partial charge in [-0.25, -0.2) is 0 Å². The molecule has 0 aliphatic carbocycles. The van der Waals surface area contributed by atoms with E-state index >= 15 is 0 Å². The molecule has 1 aromatic carbocycles. The van der Waals surface area contributed by atoms with Crippen LogP contribution < -0.4 is 5.32 Å². The second kappa shape index (κ2) is 6.49. The quantitative estimate of drug-likeness (QED) is 0.939. The molecule has 1 amide bonds. The van der Waals surface area contributed by atoms with Crippen molar-refractivity contribution in [1.29, 1.82) is 0 Å². The van der Waals surface area contributed by atoms with Crippen LogP contribution in [-0.2, 0) is 4.79 Å². The van der Waals surface area contributed by atoms with Gasteiger partial charge in [-0.2, -0.15) is 0 Å². The van der Waals surface area contributed by atoms with E-state index in [0.717, 1.165) is 31.4 Å². The van der Waals surface area contributed by atoms with E-state index in [4.69, 9.17) is 16.0 Å². The smallest absolute Gasteiger partial charge is 0.277 e. The summed E-state index contributed by atoms with van der Waals surface area (Å²) in [5, 5.41) is 11.8. The number of nitrogens with zero attached hydrogens (tertiary/aromatic N) is 2. The number of nitrogens with one attached hydrogen (secondary N) is 1. The van der Waals surface area contributed by atoms with Gasteiger partial charge in [0.2, 0.25) is 11.8 Å². The number of hydrogen-bond donors (Lipinski definition) is 1. The largest absolute Gasteiger partial charge is 0.411 e. The predicted molar refractivity (Wildman–Crippen MR) is 81.2 cm³/mol. The number of thioether (sulfide) groups is 1. The molecule has 1 unspecified atom stereocenters. The number of carbonyl (C=O) groups excluding carboxylic acids is 1. The zero-order chi connectivity index (χ0) is 14.7. The summed E-state index contributed by atoms with van der Waals surface area (Å²) in [6.07, 6.45) is 2.86. The fourth-order valence-electron chi connectivity index (χ4n) is 2.14. The average molecular weight is 324 g/mol. The van der Waals surface area contributed by atoms with Gasteiger partial charge in [-0.05, 0) is 31.0 Å². The lowest BCUT2D eigenvalue weighted by Crippen LogP contribution is -2.30. The summed E-state index contributed by atoms with van der Waals surface area (Å²) >= 11 is 7.27. The van der Waals surface area contributed by atoms with Gasteiger partial charge in [0, 0.05) is 17.1 Å². The zero-order valence-corrected chi connectivity index (χ0v) is 12.8. The first-order valence-corrected chi connectivity index (χ1v) is 8.02. The number of benzene rings is 1. The molecule has 3 rings (SSSR count). The molecule has 1 fully saturated rings. The van der Waals surface area contributed by atoms with Crippen molar-refractivity contribution >= 4 is 29.3 Å². The Morgan fingerprint density at radius 2 is 2.24 bits per heavy atom. The van der Waals surface area contributed by atoms with Crippen molar-refractivity contribution in [2.24, 2.45) is 0 Å². The monoisotopic (exact) mass is 323 g/mol. The van der Waals surface area contributed by atoms with Gasteiger partial charge in [0.1, 0.15) is 0 Å². The van der Waals surface area contributed by atoms with E-state index < -0.39 is 0 Å². The van der Waals surface area contributed by atoms with Crippen LogP contribution in [-0.4, -0.2) is 27.9 Å². The summed E-state index contributed by atoms with van der Waals surface area (Å²) in [5.41, 5.74) is 0.771. The van der Waals surface area contributed by atoms with E-state index in [1.165, 1.54) is 11.8 Å². The Balaban J connectivity index is 1.74. The molecule has 2 heterocycles. The second-order valence-corrected chi connectivity index (χ2v) is 6.37. The standard InChI is InChI=1S/C14H14ClN3O2S/c15-10-5-3-4-9(8-10)13-17-18-14(20-13)21-11-6-1-2-7-16-12(11)19/h3-5,8,11H,1-2,6-7H2,(H,16,19). The highest BCUT2D eigenvalue weighted by Gasteiger charge is 2.24. The van der Waals surface area contributed by atoms with Crippen molar-refractivity contribution in [3.05, 3.63) is 29.3 Å². The normalized spacial score (nSPS) is 19.1. The SMILES string of the molecule is O=C1NCCCCC1Sc1nnc(-c2cccc(Cl)c2)o1. The Morgan fingerprint density at radius 3 is 3.10 bits per heavy atom. The van der Waals surface area contributed by atoms with E-state index in [1.807, 2.05) is 12.1 Å². The molecule has 1 aromatic heterocycles. The molecule has 0 saturated carbocycles. The maximum Gasteiger partial charge on any atom is 0.277 e. The van der Waals surface area contributed by atoms with E-state index in [9.17, 15) is 4.79 Å². The minimum Gasteiger partial charge on any atom is -0.411 e. The van der Waals surface area contributed by atoms with Crippen molar-refractivity contribution in [3.8, 4) is 11.5 Å². The van der Waals surface area contributed by atoms with E-state index in [2.05, 4.69) is 15.5 Å². The average Bonchev–Trinajstić information content (AvgIpc) is 2.85. The minimum absolute atomic E-state index is 0.0417. The zero-order valence-electron chi connectivity index (χ0n) is 11.2. The van der Waals surface area contributed by atoms with Crippen LogP contribution in [0.1, 0.15) is 19.3 Å². The van der Waals surface area contributed by atoms with Crippen molar-refractivity contribution in [1.82, 2.24) is 15.5 Å².